The van der Waals surface area contributed by atoms with Gasteiger partial charge in [0.2, 0.25) is 11.8 Å². The molecule has 2 rings (SSSR count). The summed E-state index contributed by atoms with van der Waals surface area (Å²) in [4.78, 5) is 27.5. The van der Waals surface area contributed by atoms with Crippen LogP contribution in [0.25, 0.3) is 0 Å². The van der Waals surface area contributed by atoms with Crippen LogP contribution < -0.4 is 10.1 Å². The van der Waals surface area contributed by atoms with Gasteiger partial charge in [0, 0.05) is 19.0 Å². The lowest BCUT2D eigenvalue weighted by Gasteiger charge is -2.30. The van der Waals surface area contributed by atoms with Crippen LogP contribution in [-0.2, 0) is 16.1 Å². The van der Waals surface area contributed by atoms with Gasteiger partial charge in [-0.05, 0) is 58.2 Å². The minimum absolute atomic E-state index is 0.0418. The highest BCUT2D eigenvalue weighted by Crippen LogP contribution is 2.15. The molecule has 0 fully saturated rings. The summed E-state index contributed by atoms with van der Waals surface area (Å²) >= 11 is 0. The number of rotatable bonds is 11. The molecule has 2 amide bonds. The van der Waals surface area contributed by atoms with E-state index < -0.39 is 6.04 Å². The van der Waals surface area contributed by atoms with Gasteiger partial charge in [0.1, 0.15) is 11.8 Å². The lowest BCUT2D eigenvalue weighted by Crippen LogP contribution is -2.49. The molecule has 168 valence electrons. The van der Waals surface area contributed by atoms with Crippen molar-refractivity contribution in [3.05, 3.63) is 65.2 Å². The van der Waals surface area contributed by atoms with Gasteiger partial charge in [-0.3, -0.25) is 9.59 Å². The van der Waals surface area contributed by atoms with E-state index >= 15 is 0 Å². The molecule has 2 atom stereocenters. The second-order valence-electron chi connectivity index (χ2n) is 8.27. The van der Waals surface area contributed by atoms with Crippen molar-refractivity contribution in [1.82, 2.24) is 10.2 Å². The van der Waals surface area contributed by atoms with Crippen LogP contribution in [0.15, 0.2) is 48.5 Å². The average molecular weight is 425 g/mol. The van der Waals surface area contributed by atoms with E-state index in [4.69, 9.17) is 4.74 Å². The number of aryl methyl sites for hydroxylation is 2. The normalized spacial score (nSPS) is 12.7. The first-order chi connectivity index (χ1) is 14.8. The molecule has 0 saturated carbocycles. The summed E-state index contributed by atoms with van der Waals surface area (Å²) in [6.45, 7) is 10.7. The SMILES string of the molecule is CC[C@@H](C)NC(=O)[C@H](C)N(Cc1ccc(C)cc1)C(=O)CCCOc1ccc(C)cc1. The van der Waals surface area contributed by atoms with Crippen molar-refractivity contribution in [2.45, 2.75) is 72.5 Å². The fourth-order valence-electron chi connectivity index (χ4n) is 3.13. The van der Waals surface area contributed by atoms with Crippen LogP contribution in [0.4, 0.5) is 0 Å². The Morgan fingerprint density at radius 3 is 2.13 bits per heavy atom. The first kappa shape index (κ1) is 24.4. The highest BCUT2D eigenvalue weighted by molar-refractivity contribution is 5.87. The molecule has 2 aromatic rings. The van der Waals surface area contributed by atoms with Crippen LogP contribution in [0.3, 0.4) is 0 Å². The summed E-state index contributed by atoms with van der Waals surface area (Å²) in [5.41, 5.74) is 3.36. The van der Waals surface area contributed by atoms with Crippen molar-refractivity contribution in [2.75, 3.05) is 6.61 Å². The van der Waals surface area contributed by atoms with Crippen molar-refractivity contribution in [2.24, 2.45) is 0 Å². The van der Waals surface area contributed by atoms with Gasteiger partial charge in [0.25, 0.3) is 0 Å². The predicted molar refractivity (Wildman–Crippen MR) is 125 cm³/mol. The van der Waals surface area contributed by atoms with E-state index in [-0.39, 0.29) is 17.9 Å². The van der Waals surface area contributed by atoms with Crippen molar-refractivity contribution in [3.63, 3.8) is 0 Å². The second kappa shape index (κ2) is 12.1. The third-order valence-corrected chi connectivity index (χ3v) is 5.47. The van der Waals surface area contributed by atoms with Crippen LogP contribution in [0.1, 0.15) is 56.7 Å². The Morgan fingerprint density at radius 2 is 1.55 bits per heavy atom. The number of nitrogens with one attached hydrogen (secondary N) is 1. The molecule has 0 unspecified atom stereocenters. The molecule has 0 aliphatic heterocycles. The van der Waals surface area contributed by atoms with Crippen LogP contribution >= 0.6 is 0 Å². The van der Waals surface area contributed by atoms with Gasteiger partial charge in [-0.1, -0.05) is 54.4 Å². The summed E-state index contributed by atoms with van der Waals surface area (Å²) in [6.07, 6.45) is 1.77. The maximum absolute atomic E-state index is 13.1. The zero-order chi connectivity index (χ0) is 22.8. The van der Waals surface area contributed by atoms with Crippen molar-refractivity contribution < 1.29 is 14.3 Å². The zero-order valence-corrected chi connectivity index (χ0v) is 19.5. The summed E-state index contributed by atoms with van der Waals surface area (Å²) in [5, 5.41) is 3.00. The minimum atomic E-state index is -0.541. The number of hydrogen-bond donors (Lipinski definition) is 1. The Balaban J connectivity index is 1.99. The zero-order valence-electron chi connectivity index (χ0n) is 19.5. The monoisotopic (exact) mass is 424 g/mol. The number of amides is 2. The van der Waals surface area contributed by atoms with Crippen LogP contribution in [0.2, 0.25) is 0 Å². The van der Waals surface area contributed by atoms with Crippen molar-refractivity contribution >= 4 is 11.8 Å². The third-order valence-electron chi connectivity index (χ3n) is 5.47. The number of ether oxygens (including phenoxy) is 1. The summed E-state index contributed by atoms with van der Waals surface area (Å²) < 4.78 is 5.75. The van der Waals surface area contributed by atoms with E-state index in [2.05, 4.69) is 5.32 Å². The summed E-state index contributed by atoms with van der Waals surface area (Å²) in [7, 11) is 0. The van der Waals surface area contributed by atoms with Gasteiger partial charge in [0.05, 0.1) is 6.61 Å². The van der Waals surface area contributed by atoms with Gasteiger partial charge in [-0.25, -0.2) is 0 Å². The fourth-order valence-corrected chi connectivity index (χ4v) is 3.13. The molecule has 31 heavy (non-hydrogen) atoms. The molecule has 0 heterocycles. The van der Waals surface area contributed by atoms with Crippen LogP contribution in [0.5, 0.6) is 5.75 Å². The Kier molecular flexibility index (Phi) is 9.57. The lowest BCUT2D eigenvalue weighted by atomic mass is 10.1. The number of carbonyl (C=O) groups excluding carboxylic acids is 2. The number of hydrogen-bond acceptors (Lipinski definition) is 3. The Labute approximate surface area is 186 Å². The molecule has 0 saturated heterocycles. The molecule has 0 radical (unpaired) electrons. The largest absolute Gasteiger partial charge is 0.494 e. The molecule has 2 aromatic carbocycles. The smallest absolute Gasteiger partial charge is 0.242 e. The third kappa shape index (κ3) is 8.08. The first-order valence-electron chi connectivity index (χ1n) is 11.1. The molecule has 5 heteroatoms. The Morgan fingerprint density at radius 1 is 0.968 bits per heavy atom. The van der Waals surface area contributed by atoms with E-state index in [9.17, 15) is 9.59 Å². The standard InChI is InChI=1S/C26H36N2O3/c1-6-21(4)27-26(30)22(5)28(18-23-13-9-19(2)10-14-23)25(29)8-7-17-31-24-15-11-20(3)12-16-24/h9-16,21-22H,6-8,17-18H2,1-5H3,(H,27,30)/t21-,22+/m1/s1. The van der Waals surface area contributed by atoms with Crippen LogP contribution in [-0.4, -0.2) is 35.4 Å². The predicted octanol–water partition coefficient (Wildman–Crippen LogP) is 4.79. The topological polar surface area (TPSA) is 58.6 Å². The van der Waals surface area contributed by atoms with Gasteiger partial charge >= 0.3 is 0 Å². The quantitative estimate of drug-likeness (QED) is 0.528. The molecule has 1 N–H and O–H groups in total. The van der Waals surface area contributed by atoms with Gasteiger partial charge < -0.3 is 15.0 Å². The second-order valence-corrected chi connectivity index (χ2v) is 8.27. The molecule has 5 nitrogen and oxygen atoms in total. The molecule has 0 spiro atoms. The van der Waals surface area contributed by atoms with E-state index in [0.717, 1.165) is 23.3 Å². The number of benzene rings is 2. The minimum Gasteiger partial charge on any atom is -0.494 e. The maximum Gasteiger partial charge on any atom is 0.242 e. The summed E-state index contributed by atoms with van der Waals surface area (Å²) in [5.74, 6) is 0.640. The number of nitrogens with zero attached hydrogens (tertiary/aromatic N) is 1. The maximum atomic E-state index is 13.1. The highest BCUT2D eigenvalue weighted by atomic mass is 16.5. The first-order valence-corrected chi connectivity index (χ1v) is 11.1. The van der Waals surface area contributed by atoms with Gasteiger partial charge in [-0.15, -0.1) is 0 Å². The van der Waals surface area contributed by atoms with E-state index in [0.29, 0.717) is 26.0 Å². The van der Waals surface area contributed by atoms with Crippen LogP contribution in [0, 0.1) is 13.8 Å². The van der Waals surface area contributed by atoms with Crippen molar-refractivity contribution in [1.29, 1.82) is 0 Å². The average Bonchev–Trinajstić information content (AvgIpc) is 2.76. The Bertz CT molecular complexity index is 831. The molecule has 0 aliphatic rings. The molecular weight excluding hydrogens is 388 g/mol. The van der Waals surface area contributed by atoms with Crippen molar-refractivity contribution in [3.8, 4) is 5.75 Å². The van der Waals surface area contributed by atoms with E-state index in [1.807, 2.05) is 76.2 Å². The van der Waals surface area contributed by atoms with Gasteiger partial charge in [-0.2, -0.15) is 0 Å². The van der Waals surface area contributed by atoms with Gasteiger partial charge in [0.15, 0.2) is 0 Å². The summed E-state index contributed by atoms with van der Waals surface area (Å²) in [6, 6.07) is 15.5. The fraction of sp³-hybridized carbons (Fsp3) is 0.462. The highest BCUT2D eigenvalue weighted by Gasteiger charge is 2.26. The van der Waals surface area contributed by atoms with E-state index in [1.54, 1.807) is 11.8 Å². The molecule has 0 aliphatic carbocycles. The van der Waals surface area contributed by atoms with E-state index in [1.165, 1.54) is 5.56 Å². The molecule has 0 bridgehead atoms. The molecule has 0 aromatic heterocycles. The number of carbonyl (C=O) groups is 2. The molecular formula is C26H36N2O3. The Hall–Kier alpha value is -2.82. The lowest BCUT2D eigenvalue weighted by molar-refractivity contribution is -0.141.